The highest BCUT2D eigenvalue weighted by atomic mass is 16.3. The van der Waals surface area contributed by atoms with Crippen molar-refractivity contribution in [3.05, 3.63) is 0 Å². The number of nitrogens with one attached hydrogen (secondary N) is 1. The van der Waals surface area contributed by atoms with Crippen LogP contribution in [0.15, 0.2) is 0 Å². The van der Waals surface area contributed by atoms with E-state index in [1.807, 2.05) is 0 Å². The lowest BCUT2D eigenvalue weighted by Crippen LogP contribution is -2.43. The lowest BCUT2D eigenvalue weighted by atomic mass is 9.78. The van der Waals surface area contributed by atoms with Gasteiger partial charge in [-0.15, -0.1) is 0 Å². The molecule has 0 aromatic heterocycles. The summed E-state index contributed by atoms with van der Waals surface area (Å²) in [4.78, 5) is 0. The Kier molecular flexibility index (Phi) is 5.79. The molecule has 0 spiro atoms. The van der Waals surface area contributed by atoms with E-state index in [9.17, 15) is 5.11 Å². The largest absolute Gasteiger partial charge is 0.389 e. The van der Waals surface area contributed by atoms with Crippen molar-refractivity contribution in [3.63, 3.8) is 0 Å². The number of rotatable bonds is 6. The van der Waals surface area contributed by atoms with E-state index >= 15 is 0 Å². The van der Waals surface area contributed by atoms with Gasteiger partial charge in [0.05, 0.1) is 11.7 Å². The minimum atomic E-state index is -0.488. The fourth-order valence-corrected chi connectivity index (χ4v) is 2.41. The van der Waals surface area contributed by atoms with E-state index < -0.39 is 5.60 Å². The molecule has 1 aliphatic rings. The van der Waals surface area contributed by atoms with Crippen LogP contribution in [0.2, 0.25) is 0 Å². The molecule has 0 saturated heterocycles. The van der Waals surface area contributed by atoms with Gasteiger partial charge in [0.2, 0.25) is 0 Å². The number of unbranched alkanes of at least 4 members (excludes halogenated alkanes) is 1. The lowest BCUT2D eigenvalue weighted by Gasteiger charge is -2.36. The molecule has 3 heteroatoms. The summed E-state index contributed by atoms with van der Waals surface area (Å²) in [7, 11) is 0. The summed E-state index contributed by atoms with van der Waals surface area (Å²) in [5.74, 6) is 0.818. The van der Waals surface area contributed by atoms with Crippen LogP contribution in [-0.2, 0) is 0 Å². The van der Waals surface area contributed by atoms with Crippen LogP contribution in [0, 0.1) is 17.2 Å². The number of hydrogen-bond donors (Lipinski definition) is 2. The molecule has 3 nitrogen and oxygen atoms in total. The van der Waals surface area contributed by atoms with Crippen molar-refractivity contribution in [3.8, 4) is 6.07 Å². The van der Waals surface area contributed by atoms with Crippen LogP contribution >= 0.6 is 0 Å². The van der Waals surface area contributed by atoms with Gasteiger partial charge < -0.3 is 10.4 Å². The molecule has 0 bridgehead atoms. The molecule has 0 aromatic rings. The van der Waals surface area contributed by atoms with Crippen molar-refractivity contribution in [2.24, 2.45) is 5.92 Å². The smallest absolute Gasteiger partial charge is 0.0771 e. The van der Waals surface area contributed by atoms with Gasteiger partial charge in [0.25, 0.3) is 0 Å². The Hall–Kier alpha value is -0.590. The molecule has 16 heavy (non-hydrogen) atoms. The number of nitrogens with zero attached hydrogens (tertiary/aromatic N) is 1. The summed E-state index contributed by atoms with van der Waals surface area (Å²) in [6.45, 7) is 3.76. The molecular formula is C13H24N2O. The highest BCUT2D eigenvalue weighted by Crippen LogP contribution is 2.33. The SMILES string of the molecule is CCC1CCC(O)(CNCCCC#N)CC1. The first-order chi connectivity index (χ1) is 7.70. The van der Waals surface area contributed by atoms with Crippen molar-refractivity contribution in [2.75, 3.05) is 13.1 Å². The highest BCUT2D eigenvalue weighted by Gasteiger charge is 2.31. The number of nitriles is 1. The Bertz CT molecular complexity index is 227. The molecule has 0 radical (unpaired) electrons. The molecule has 0 atom stereocenters. The van der Waals surface area contributed by atoms with Gasteiger partial charge in [-0.3, -0.25) is 0 Å². The summed E-state index contributed by atoms with van der Waals surface area (Å²) in [5.41, 5.74) is -0.488. The molecule has 0 unspecified atom stereocenters. The monoisotopic (exact) mass is 224 g/mol. The van der Waals surface area contributed by atoms with Gasteiger partial charge >= 0.3 is 0 Å². The Balaban J connectivity index is 2.14. The fraction of sp³-hybridized carbons (Fsp3) is 0.923. The molecule has 1 saturated carbocycles. The maximum atomic E-state index is 10.3. The van der Waals surface area contributed by atoms with Gasteiger partial charge in [-0.1, -0.05) is 13.3 Å². The Morgan fingerprint density at radius 1 is 1.44 bits per heavy atom. The summed E-state index contributed by atoms with van der Waals surface area (Å²) in [6.07, 6.45) is 6.90. The molecule has 1 aliphatic carbocycles. The third-order valence-electron chi connectivity index (χ3n) is 3.71. The Morgan fingerprint density at radius 2 is 2.12 bits per heavy atom. The van der Waals surface area contributed by atoms with Gasteiger partial charge in [0, 0.05) is 13.0 Å². The Morgan fingerprint density at radius 3 is 2.69 bits per heavy atom. The second-order valence-corrected chi connectivity index (χ2v) is 5.01. The second kappa shape index (κ2) is 6.88. The van der Waals surface area contributed by atoms with Crippen LogP contribution in [0.4, 0.5) is 0 Å². The van der Waals surface area contributed by atoms with Gasteiger partial charge in [-0.25, -0.2) is 0 Å². The average Bonchev–Trinajstić information content (AvgIpc) is 2.30. The molecule has 92 valence electrons. The first-order valence-corrected chi connectivity index (χ1v) is 6.50. The zero-order chi connectivity index (χ0) is 11.9. The van der Waals surface area contributed by atoms with Crippen molar-refractivity contribution < 1.29 is 5.11 Å². The maximum absolute atomic E-state index is 10.3. The van der Waals surface area contributed by atoms with Crippen LogP contribution in [0.5, 0.6) is 0 Å². The average molecular weight is 224 g/mol. The first-order valence-electron chi connectivity index (χ1n) is 6.50. The van der Waals surface area contributed by atoms with Crippen LogP contribution in [0.25, 0.3) is 0 Å². The topological polar surface area (TPSA) is 56.0 Å². The molecule has 2 N–H and O–H groups in total. The van der Waals surface area contributed by atoms with Crippen LogP contribution in [0.3, 0.4) is 0 Å². The zero-order valence-corrected chi connectivity index (χ0v) is 10.3. The molecule has 0 aromatic carbocycles. The maximum Gasteiger partial charge on any atom is 0.0771 e. The molecule has 1 fully saturated rings. The number of hydrogen-bond acceptors (Lipinski definition) is 3. The van der Waals surface area contributed by atoms with Crippen molar-refractivity contribution in [1.29, 1.82) is 5.26 Å². The standard InChI is InChI=1S/C13H24N2O/c1-2-12-5-7-13(16,8-6-12)11-15-10-4-3-9-14/h12,15-16H,2-8,10-11H2,1H3. The highest BCUT2D eigenvalue weighted by molar-refractivity contribution is 4.87. The third kappa shape index (κ3) is 4.51. The molecule has 0 heterocycles. The van der Waals surface area contributed by atoms with Crippen molar-refractivity contribution in [1.82, 2.24) is 5.32 Å². The van der Waals surface area contributed by atoms with E-state index in [0.29, 0.717) is 13.0 Å². The van der Waals surface area contributed by atoms with Gasteiger partial charge in [0.1, 0.15) is 0 Å². The zero-order valence-electron chi connectivity index (χ0n) is 10.3. The van der Waals surface area contributed by atoms with E-state index in [-0.39, 0.29) is 0 Å². The van der Waals surface area contributed by atoms with Crippen LogP contribution in [0.1, 0.15) is 51.9 Å². The second-order valence-electron chi connectivity index (χ2n) is 5.01. The summed E-state index contributed by atoms with van der Waals surface area (Å²) in [5, 5.41) is 22.0. The summed E-state index contributed by atoms with van der Waals surface area (Å²) in [6, 6.07) is 2.13. The van der Waals surface area contributed by atoms with E-state index in [1.54, 1.807) is 0 Å². The van der Waals surface area contributed by atoms with E-state index in [0.717, 1.165) is 44.6 Å². The normalized spacial score (nSPS) is 29.9. The van der Waals surface area contributed by atoms with E-state index in [1.165, 1.54) is 6.42 Å². The predicted molar refractivity (Wildman–Crippen MR) is 64.9 cm³/mol. The predicted octanol–water partition coefficient (Wildman–Crippen LogP) is 2.21. The molecule has 1 rings (SSSR count). The minimum absolute atomic E-state index is 0.488. The van der Waals surface area contributed by atoms with E-state index in [4.69, 9.17) is 5.26 Å². The molecule has 0 amide bonds. The third-order valence-corrected chi connectivity index (χ3v) is 3.71. The van der Waals surface area contributed by atoms with Crippen LogP contribution in [-0.4, -0.2) is 23.8 Å². The quantitative estimate of drug-likeness (QED) is 0.680. The van der Waals surface area contributed by atoms with E-state index in [2.05, 4.69) is 18.3 Å². The first kappa shape index (κ1) is 13.5. The van der Waals surface area contributed by atoms with Crippen LogP contribution < -0.4 is 5.32 Å². The number of aliphatic hydroxyl groups is 1. The minimum Gasteiger partial charge on any atom is -0.389 e. The Labute approximate surface area is 98.8 Å². The van der Waals surface area contributed by atoms with Crippen molar-refractivity contribution >= 4 is 0 Å². The lowest BCUT2D eigenvalue weighted by molar-refractivity contribution is -0.00842. The summed E-state index contributed by atoms with van der Waals surface area (Å²) >= 11 is 0. The van der Waals surface area contributed by atoms with Gasteiger partial charge in [-0.05, 0) is 44.6 Å². The summed E-state index contributed by atoms with van der Waals surface area (Å²) < 4.78 is 0. The van der Waals surface area contributed by atoms with Gasteiger partial charge in [-0.2, -0.15) is 5.26 Å². The molecular weight excluding hydrogens is 200 g/mol. The fourth-order valence-electron chi connectivity index (χ4n) is 2.41. The van der Waals surface area contributed by atoms with Crippen molar-refractivity contribution in [2.45, 2.75) is 57.5 Å². The van der Waals surface area contributed by atoms with Gasteiger partial charge in [0.15, 0.2) is 0 Å². The molecule has 0 aliphatic heterocycles.